The van der Waals surface area contributed by atoms with E-state index in [9.17, 15) is 22.4 Å². The molecule has 1 rings (SSSR count). The van der Waals surface area contributed by atoms with Crippen LogP contribution in [-0.4, -0.2) is 11.1 Å². The van der Waals surface area contributed by atoms with Gasteiger partial charge in [0.2, 0.25) is 0 Å². The lowest BCUT2D eigenvalue weighted by Gasteiger charge is -2.11. The number of benzene rings is 1. The van der Waals surface area contributed by atoms with Crippen molar-refractivity contribution in [3.05, 3.63) is 35.4 Å². The zero-order valence-electron chi connectivity index (χ0n) is 6.60. The number of carboxylic acids is 1. The lowest BCUT2D eigenvalue weighted by Crippen LogP contribution is -2.25. The van der Waals surface area contributed by atoms with Crippen molar-refractivity contribution in [2.75, 3.05) is 0 Å². The summed E-state index contributed by atoms with van der Waals surface area (Å²) in [6, 6.07) is 0.926. The average molecular weight is 208 g/mol. The zero-order valence-corrected chi connectivity index (χ0v) is 6.60. The van der Waals surface area contributed by atoms with E-state index in [0.717, 1.165) is 0 Å². The molecule has 2 nitrogen and oxygen atoms in total. The SMILES string of the molecule is O=C(O)C(F)(F)c1cc(F)cc(F)c1. The molecular formula is C8H4F4O2. The molecule has 0 amide bonds. The van der Waals surface area contributed by atoms with Gasteiger partial charge in [0.1, 0.15) is 11.6 Å². The summed E-state index contributed by atoms with van der Waals surface area (Å²) in [5.74, 6) is -9.24. The number of carboxylic acid groups (broad SMARTS) is 1. The molecule has 0 spiro atoms. The first kappa shape index (κ1) is 10.5. The summed E-state index contributed by atoms with van der Waals surface area (Å²) in [5, 5.41) is 8.08. The van der Waals surface area contributed by atoms with Crippen LogP contribution >= 0.6 is 0 Å². The monoisotopic (exact) mass is 208 g/mol. The number of carbonyl (C=O) groups is 1. The number of rotatable bonds is 2. The Morgan fingerprint density at radius 3 is 1.93 bits per heavy atom. The number of alkyl halides is 2. The van der Waals surface area contributed by atoms with E-state index in [2.05, 4.69) is 0 Å². The first-order chi connectivity index (χ1) is 6.34. The molecule has 76 valence electrons. The molecule has 14 heavy (non-hydrogen) atoms. The Kier molecular flexibility index (Phi) is 2.46. The largest absolute Gasteiger partial charge is 0.477 e. The fraction of sp³-hybridized carbons (Fsp3) is 0.125. The van der Waals surface area contributed by atoms with Crippen LogP contribution in [-0.2, 0) is 10.7 Å². The standard InChI is InChI=1S/C8H4F4O2/c9-5-1-4(2-6(10)3-5)8(11,12)7(13)14/h1-3H,(H,13,14). The van der Waals surface area contributed by atoms with E-state index in [0.29, 0.717) is 6.07 Å². The summed E-state index contributed by atoms with van der Waals surface area (Å²) in [4.78, 5) is 10.0. The summed E-state index contributed by atoms with van der Waals surface area (Å²) in [5.41, 5.74) is -1.22. The van der Waals surface area contributed by atoms with Crippen LogP contribution in [0.1, 0.15) is 5.56 Å². The third-order valence-electron chi connectivity index (χ3n) is 1.49. The van der Waals surface area contributed by atoms with Gasteiger partial charge in [0.15, 0.2) is 0 Å². The van der Waals surface area contributed by atoms with E-state index in [1.165, 1.54) is 0 Å². The highest BCUT2D eigenvalue weighted by Crippen LogP contribution is 2.29. The fourth-order valence-corrected chi connectivity index (χ4v) is 0.859. The van der Waals surface area contributed by atoms with Crippen molar-refractivity contribution >= 4 is 5.97 Å². The second kappa shape index (κ2) is 3.28. The molecule has 0 saturated carbocycles. The molecule has 1 aromatic carbocycles. The number of hydrogen-bond donors (Lipinski definition) is 1. The number of halogens is 4. The van der Waals surface area contributed by atoms with Crippen molar-refractivity contribution in [3.63, 3.8) is 0 Å². The fourth-order valence-electron chi connectivity index (χ4n) is 0.859. The van der Waals surface area contributed by atoms with Crippen LogP contribution < -0.4 is 0 Å². The van der Waals surface area contributed by atoms with Gasteiger partial charge in [-0.25, -0.2) is 13.6 Å². The van der Waals surface area contributed by atoms with Crippen LogP contribution in [0.15, 0.2) is 18.2 Å². The lowest BCUT2D eigenvalue weighted by atomic mass is 10.1. The molecule has 0 bridgehead atoms. The minimum atomic E-state index is -4.29. The van der Waals surface area contributed by atoms with E-state index < -0.39 is 29.1 Å². The molecule has 0 unspecified atom stereocenters. The minimum absolute atomic E-state index is 0.275. The van der Waals surface area contributed by atoms with Gasteiger partial charge < -0.3 is 5.11 Å². The summed E-state index contributed by atoms with van der Waals surface area (Å²) >= 11 is 0. The maximum atomic E-state index is 12.7. The Labute approximate surface area is 75.8 Å². The molecule has 0 aliphatic rings. The molecule has 1 aromatic rings. The molecule has 0 aliphatic heterocycles. The van der Waals surface area contributed by atoms with Crippen molar-refractivity contribution in [2.45, 2.75) is 5.92 Å². The van der Waals surface area contributed by atoms with Crippen LogP contribution in [0.2, 0.25) is 0 Å². The molecule has 1 N–H and O–H groups in total. The predicted molar refractivity (Wildman–Crippen MR) is 37.9 cm³/mol. The van der Waals surface area contributed by atoms with Crippen molar-refractivity contribution in [1.82, 2.24) is 0 Å². The molecule has 0 heterocycles. The Balaban J connectivity index is 3.25. The maximum absolute atomic E-state index is 12.7. The highest BCUT2D eigenvalue weighted by atomic mass is 19.3. The molecule has 0 radical (unpaired) electrons. The smallest absolute Gasteiger partial charge is 0.379 e. The second-order valence-corrected chi connectivity index (χ2v) is 2.54. The Bertz CT molecular complexity index is 355. The van der Waals surface area contributed by atoms with Crippen LogP contribution in [0.5, 0.6) is 0 Å². The topological polar surface area (TPSA) is 37.3 Å². The van der Waals surface area contributed by atoms with Gasteiger partial charge in [0.05, 0.1) is 0 Å². The summed E-state index contributed by atoms with van der Waals surface area (Å²) < 4.78 is 50.3. The van der Waals surface area contributed by atoms with Gasteiger partial charge >= 0.3 is 11.9 Å². The number of aliphatic carboxylic acids is 1. The van der Waals surface area contributed by atoms with Crippen molar-refractivity contribution in [1.29, 1.82) is 0 Å². The first-order valence-electron chi connectivity index (χ1n) is 3.42. The first-order valence-corrected chi connectivity index (χ1v) is 3.42. The normalized spacial score (nSPS) is 11.4. The summed E-state index contributed by atoms with van der Waals surface area (Å²) in [6.07, 6.45) is 0. The highest BCUT2D eigenvalue weighted by Gasteiger charge is 2.41. The highest BCUT2D eigenvalue weighted by molar-refractivity contribution is 5.77. The van der Waals surface area contributed by atoms with Crippen LogP contribution in [0.25, 0.3) is 0 Å². The Hall–Kier alpha value is -1.59. The lowest BCUT2D eigenvalue weighted by molar-refractivity contribution is -0.166. The van der Waals surface area contributed by atoms with Gasteiger partial charge in [-0.15, -0.1) is 0 Å². The summed E-state index contributed by atoms with van der Waals surface area (Å²) in [6.45, 7) is 0. The van der Waals surface area contributed by atoms with Gasteiger partial charge in [-0.05, 0) is 12.1 Å². The third-order valence-corrected chi connectivity index (χ3v) is 1.49. The minimum Gasteiger partial charge on any atom is -0.477 e. The molecule has 0 saturated heterocycles. The van der Waals surface area contributed by atoms with Gasteiger partial charge in [-0.2, -0.15) is 8.78 Å². The van der Waals surface area contributed by atoms with Crippen molar-refractivity contribution in [3.8, 4) is 0 Å². The average Bonchev–Trinajstić information content (AvgIpc) is 2.01. The van der Waals surface area contributed by atoms with Gasteiger partial charge in [-0.3, -0.25) is 0 Å². The van der Waals surface area contributed by atoms with Crippen LogP contribution in [0, 0.1) is 11.6 Å². The van der Waals surface area contributed by atoms with Crippen LogP contribution in [0.4, 0.5) is 17.6 Å². The molecule has 0 aromatic heterocycles. The van der Waals surface area contributed by atoms with Gasteiger partial charge in [0, 0.05) is 11.6 Å². The second-order valence-electron chi connectivity index (χ2n) is 2.54. The van der Waals surface area contributed by atoms with Crippen molar-refractivity contribution < 1.29 is 27.5 Å². The van der Waals surface area contributed by atoms with E-state index >= 15 is 0 Å². The maximum Gasteiger partial charge on any atom is 0.379 e. The molecular weight excluding hydrogens is 204 g/mol. The quantitative estimate of drug-likeness (QED) is 0.756. The Morgan fingerprint density at radius 1 is 1.14 bits per heavy atom. The third kappa shape index (κ3) is 1.84. The Morgan fingerprint density at radius 2 is 1.57 bits per heavy atom. The van der Waals surface area contributed by atoms with E-state index in [-0.39, 0.29) is 12.1 Å². The van der Waals surface area contributed by atoms with Crippen molar-refractivity contribution in [2.24, 2.45) is 0 Å². The summed E-state index contributed by atoms with van der Waals surface area (Å²) in [7, 11) is 0. The van der Waals surface area contributed by atoms with E-state index in [1.807, 2.05) is 0 Å². The van der Waals surface area contributed by atoms with Gasteiger partial charge in [-0.1, -0.05) is 0 Å². The van der Waals surface area contributed by atoms with E-state index in [4.69, 9.17) is 5.11 Å². The molecule has 6 heteroatoms. The van der Waals surface area contributed by atoms with E-state index in [1.54, 1.807) is 0 Å². The number of hydrogen-bond acceptors (Lipinski definition) is 1. The molecule has 0 atom stereocenters. The zero-order chi connectivity index (χ0) is 10.9. The van der Waals surface area contributed by atoms with Gasteiger partial charge in [0.25, 0.3) is 0 Å². The predicted octanol–water partition coefficient (Wildman–Crippen LogP) is 2.14. The molecule has 0 aliphatic carbocycles. The molecule has 0 fully saturated rings. The van der Waals surface area contributed by atoms with Crippen LogP contribution in [0.3, 0.4) is 0 Å².